The molecule has 1 rings (SSSR count). The Morgan fingerprint density at radius 1 is 1.44 bits per heavy atom. The van der Waals surface area contributed by atoms with Crippen molar-refractivity contribution in [2.24, 2.45) is 5.73 Å². The molecule has 1 aromatic heterocycles. The number of nitrogens with two attached hydrogens (primary N) is 1. The zero-order valence-electron chi connectivity index (χ0n) is 9.31. The van der Waals surface area contributed by atoms with E-state index in [1.54, 1.807) is 6.20 Å². The van der Waals surface area contributed by atoms with Crippen LogP contribution in [0.2, 0.25) is 0 Å². The van der Waals surface area contributed by atoms with Gasteiger partial charge in [0.2, 0.25) is 0 Å². The van der Waals surface area contributed by atoms with E-state index in [0.717, 1.165) is 5.56 Å². The lowest BCUT2D eigenvalue weighted by Crippen LogP contribution is -2.15. The topological polar surface area (TPSA) is 57.4 Å². The first-order valence-electron chi connectivity index (χ1n) is 5.15. The average Bonchev–Trinajstić information content (AvgIpc) is 2.29. The fourth-order valence-corrected chi connectivity index (χ4v) is 1.41. The van der Waals surface area contributed by atoms with Crippen molar-refractivity contribution < 1.29 is 9.47 Å². The summed E-state index contributed by atoms with van der Waals surface area (Å²) in [7, 11) is 0. The van der Waals surface area contributed by atoms with Crippen LogP contribution in [0.5, 0.6) is 0 Å². The smallest absolute Gasteiger partial charge is 0.123 e. The molecule has 1 aromatic rings. The maximum atomic E-state index is 5.56. The van der Waals surface area contributed by atoms with Crippen LogP contribution in [-0.4, -0.2) is 29.8 Å². The van der Waals surface area contributed by atoms with Crippen molar-refractivity contribution >= 4 is 17.2 Å². The van der Waals surface area contributed by atoms with Crippen molar-refractivity contribution in [3.63, 3.8) is 0 Å². The second kappa shape index (κ2) is 7.27. The summed E-state index contributed by atoms with van der Waals surface area (Å²) in [6.07, 6.45) is 1.66. The number of ether oxygens (including phenoxy) is 2. The number of thiocarbonyl (C=S) groups is 1. The van der Waals surface area contributed by atoms with Gasteiger partial charge in [0.15, 0.2) is 0 Å². The molecule has 2 N–H and O–H groups in total. The third-order valence-electron chi connectivity index (χ3n) is 1.96. The molecule has 0 radical (unpaired) electrons. The number of hydrogen-bond donors (Lipinski definition) is 1. The molecule has 0 saturated heterocycles. The lowest BCUT2D eigenvalue weighted by Gasteiger charge is -2.07. The molecule has 0 bridgehead atoms. The van der Waals surface area contributed by atoms with Gasteiger partial charge in [-0.2, -0.15) is 0 Å². The number of aromatic nitrogens is 1. The summed E-state index contributed by atoms with van der Waals surface area (Å²) < 4.78 is 10.6. The molecule has 0 saturated carbocycles. The standard InChI is InChI=1S/C11H16N2O2S/c1-2-14-6-7-15-8-9-4-3-5-13-10(9)11(12)16/h3-5H,2,6-8H2,1H3,(H2,12,16). The van der Waals surface area contributed by atoms with E-state index in [1.807, 2.05) is 19.1 Å². The van der Waals surface area contributed by atoms with Gasteiger partial charge in [0.05, 0.1) is 19.8 Å². The van der Waals surface area contributed by atoms with Gasteiger partial charge in [0, 0.05) is 18.4 Å². The van der Waals surface area contributed by atoms with Crippen molar-refractivity contribution in [1.82, 2.24) is 4.98 Å². The second-order valence-electron chi connectivity index (χ2n) is 3.12. The van der Waals surface area contributed by atoms with E-state index >= 15 is 0 Å². The first-order valence-corrected chi connectivity index (χ1v) is 5.55. The molecule has 5 heteroatoms. The molecule has 0 fully saturated rings. The van der Waals surface area contributed by atoms with Crippen LogP contribution >= 0.6 is 12.2 Å². The van der Waals surface area contributed by atoms with E-state index in [1.165, 1.54) is 0 Å². The van der Waals surface area contributed by atoms with Gasteiger partial charge in [-0.15, -0.1) is 0 Å². The van der Waals surface area contributed by atoms with Gasteiger partial charge in [-0.1, -0.05) is 18.3 Å². The molecule has 0 unspecified atom stereocenters. The van der Waals surface area contributed by atoms with Gasteiger partial charge >= 0.3 is 0 Å². The summed E-state index contributed by atoms with van der Waals surface area (Å²) in [4.78, 5) is 4.41. The molecule has 0 aliphatic carbocycles. The van der Waals surface area contributed by atoms with Crippen molar-refractivity contribution in [3.05, 3.63) is 29.6 Å². The van der Waals surface area contributed by atoms with Gasteiger partial charge in [-0.3, -0.25) is 4.98 Å². The van der Waals surface area contributed by atoms with Gasteiger partial charge in [-0.25, -0.2) is 0 Å². The summed E-state index contributed by atoms with van der Waals surface area (Å²) in [5.74, 6) is 0. The van der Waals surface area contributed by atoms with Crippen molar-refractivity contribution in [2.75, 3.05) is 19.8 Å². The van der Waals surface area contributed by atoms with Crippen LogP contribution in [0.1, 0.15) is 18.2 Å². The minimum Gasteiger partial charge on any atom is -0.388 e. The average molecular weight is 240 g/mol. The van der Waals surface area contributed by atoms with Crippen molar-refractivity contribution in [2.45, 2.75) is 13.5 Å². The first-order chi connectivity index (χ1) is 7.75. The molecule has 16 heavy (non-hydrogen) atoms. The highest BCUT2D eigenvalue weighted by Gasteiger charge is 2.05. The zero-order chi connectivity index (χ0) is 11.8. The van der Waals surface area contributed by atoms with E-state index in [9.17, 15) is 0 Å². The van der Waals surface area contributed by atoms with E-state index in [4.69, 9.17) is 27.4 Å². The second-order valence-corrected chi connectivity index (χ2v) is 3.56. The van der Waals surface area contributed by atoms with Gasteiger partial charge in [0.1, 0.15) is 10.7 Å². The largest absolute Gasteiger partial charge is 0.388 e. The highest BCUT2D eigenvalue weighted by molar-refractivity contribution is 7.80. The van der Waals surface area contributed by atoms with Crippen LogP contribution in [0.4, 0.5) is 0 Å². The molecule has 0 aromatic carbocycles. The van der Waals surface area contributed by atoms with E-state index in [0.29, 0.717) is 37.1 Å². The number of rotatable bonds is 7. The van der Waals surface area contributed by atoms with Crippen LogP contribution in [0.15, 0.2) is 18.3 Å². The van der Waals surface area contributed by atoms with Crippen LogP contribution in [0, 0.1) is 0 Å². The minimum atomic E-state index is 0.295. The molecule has 88 valence electrons. The molecular weight excluding hydrogens is 224 g/mol. The summed E-state index contributed by atoms with van der Waals surface area (Å²) in [6.45, 7) is 4.26. The molecule has 0 aliphatic heterocycles. The molecule has 0 atom stereocenters. The Bertz CT molecular complexity index is 345. The monoisotopic (exact) mass is 240 g/mol. The Morgan fingerprint density at radius 2 is 2.19 bits per heavy atom. The summed E-state index contributed by atoms with van der Waals surface area (Å²) in [6, 6.07) is 3.74. The van der Waals surface area contributed by atoms with Crippen LogP contribution in [0.25, 0.3) is 0 Å². The molecule has 0 amide bonds. The third kappa shape index (κ3) is 4.22. The number of nitrogens with zero attached hydrogens (tertiary/aromatic N) is 1. The Hall–Kier alpha value is -1.04. The maximum absolute atomic E-state index is 5.56. The summed E-state index contributed by atoms with van der Waals surface area (Å²) >= 11 is 4.91. The molecule has 0 spiro atoms. The fraction of sp³-hybridized carbons (Fsp3) is 0.455. The first kappa shape index (κ1) is 13.0. The van der Waals surface area contributed by atoms with Gasteiger partial charge in [0.25, 0.3) is 0 Å². The number of pyridine rings is 1. The summed E-state index contributed by atoms with van der Waals surface area (Å²) in [5.41, 5.74) is 7.10. The van der Waals surface area contributed by atoms with E-state index in [-0.39, 0.29) is 0 Å². The molecule has 4 nitrogen and oxygen atoms in total. The van der Waals surface area contributed by atoms with Crippen molar-refractivity contribution in [1.29, 1.82) is 0 Å². The fourth-order valence-electron chi connectivity index (χ4n) is 1.22. The Morgan fingerprint density at radius 3 is 2.88 bits per heavy atom. The predicted octanol–water partition coefficient (Wildman–Crippen LogP) is 1.27. The van der Waals surface area contributed by atoms with Crippen LogP contribution in [0.3, 0.4) is 0 Å². The van der Waals surface area contributed by atoms with Crippen molar-refractivity contribution in [3.8, 4) is 0 Å². The highest BCUT2D eigenvalue weighted by Crippen LogP contribution is 2.06. The summed E-state index contributed by atoms with van der Waals surface area (Å²) in [5, 5.41) is 0. The lowest BCUT2D eigenvalue weighted by molar-refractivity contribution is 0.0451. The molecular formula is C11H16N2O2S. The maximum Gasteiger partial charge on any atom is 0.123 e. The van der Waals surface area contributed by atoms with Gasteiger partial charge in [-0.05, 0) is 13.0 Å². The third-order valence-corrected chi connectivity index (χ3v) is 2.15. The number of hydrogen-bond acceptors (Lipinski definition) is 4. The Kier molecular flexibility index (Phi) is 5.92. The molecule has 0 aliphatic rings. The highest BCUT2D eigenvalue weighted by atomic mass is 32.1. The SMILES string of the molecule is CCOCCOCc1cccnc1C(N)=S. The normalized spacial score (nSPS) is 10.3. The van der Waals surface area contributed by atoms with Gasteiger partial charge < -0.3 is 15.2 Å². The molecule has 1 heterocycles. The van der Waals surface area contributed by atoms with Crippen LogP contribution < -0.4 is 5.73 Å². The zero-order valence-corrected chi connectivity index (χ0v) is 10.1. The Labute approximate surface area is 101 Å². The lowest BCUT2D eigenvalue weighted by atomic mass is 10.2. The van der Waals surface area contributed by atoms with E-state index < -0.39 is 0 Å². The quantitative estimate of drug-likeness (QED) is 0.574. The van der Waals surface area contributed by atoms with Crippen LogP contribution in [-0.2, 0) is 16.1 Å². The predicted molar refractivity (Wildman–Crippen MR) is 66.3 cm³/mol. The van der Waals surface area contributed by atoms with E-state index in [2.05, 4.69) is 4.98 Å². The Balaban J connectivity index is 2.44. The minimum absolute atomic E-state index is 0.295.